The number of furan rings is 1. The van der Waals surface area contributed by atoms with Crippen LogP contribution in [0, 0.1) is 6.92 Å². The molecule has 1 N–H and O–H groups in total. The minimum Gasteiger partial charge on any atom is -0.468 e. The van der Waals surface area contributed by atoms with Gasteiger partial charge in [0.25, 0.3) is 0 Å². The molecule has 1 aliphatic heterocycles. The Morgan fingerprint density at radius 1 is 1.42 bits per heavy atom. The Labute approximate surface area is 113 Å². The fourth-order valence-corrected chi connectivity index (χ4v) is 2.57. The summed E-state index contributed by atoms with van der Waals surface area (Å²) < 4.78 is 7.70. The third-order valence-electron chi connectivity index (χ3n) is 3.81. The van der Waals surface area contributed by atoms with Gasteiger partial charge < -0.3 is 14.3 Å². The Morgan fingerprint density at radius 2 is 2.32 bits per heavy atom. The molecule has 3 rings (SSSR count). The Hall–Kier alpha value is -1.62. The molecular formula is C14H20N4O. The summed E-state index contributed by atoms with van der Waals surface area (Å²) >= 11 is 0. The number of aromatic nitrogens is 3. The second-order valence-electron chi connectivity index (χ2n) is 5.21. The molecule has 5 heteroatoms. The summed E-state index contributed by atoms with van der Waals surface area (Å²) in [5.41, 5.74) is 1.18. The van der Waals surface area contributed by atoms with Gasteiger partial charge in [0.2, 0.25) is 0 Å². The fraction of sp³-hybridized carbons (Fsp3) is 0.571. The molecule has 0 amide bonds. The van der Waals surface area contributed by atoms with Crippen molar-refractivity contribution >= 4 is 0 Å². The van der Waals surface area contributed by atoms with Crippen molar-refractivity contribution in [1.29, 1.82) is 0 Å². The third kappa shape index (κ3) is 2.42. The summed E-state index contributed by atoms with van der Waals surface area (Å²) in [6.07, 6.45) is 5.24. The third-order valence-corrected chi connectivity index (χ3v) is 3.81. The van der Waals surface area contributed by atoms with E-state index in [-0.39, 0.29) is 6.04 Å². The number of rotatable bonds is 4. The van der Waals surface area contributed by atoms with Crippen molar-refractivity contribution in [3.63, 3.8) is 0 Å². The molecule has 1 aliphatic rings. The lowest BCUT2D eigenvalue weighted by atomic mass is 10.1. The molecule has 0 unspecified atom stereocenters. The molecule has 3 heterocycles. The van der Waals surface area contributed by atoms with E-state index in [1.165, 1.54) is 18.4 Å². The van der Waals surface area contributed by atoms with E-state index in [1.54, 1.807) is 6.26 Å². The van der Waals surface area contributed by atoms with Crippen LogP contribution in [0.15, 0.2) is 16.7 Å². The first-order chi connectivity index (χ1) is 9.25. The topological polar surface area (TPSA) is 55.9 Å². The van der Waals surface area contributed by atoms with Crippen molar-refractivity contribution in [3.8, 4) is 0 Å². The molecule has 102 valence electrons. The second kappa shape index (κ2) is 5.17. The van der Waals surface area contributed by atoms with Crippen molar-refractivity contribution in [2.45, 2.75) is 52.2 Å². The first-order valence-electron chi connectivity index (χ1n) is 6.94. The summed E-state index contributed by atoms with van der Waals surface area (Å²) in [6.45, 7) is 5.96. The van der Waals surface area contributed by atoms with Crippen LogP contribution in [0.4, 0.5) is 0 Å². The number of hydrogen-bond acceptors (Lipinski definition) is 4. The van der Waals surface area contributed by atoms with E-state index >= 15 is 0 Å². The maximum Gasteiger partial charge on any atom is 0.149 e. The van der Waals surface area contributed by atoms with Crippen LogP contribution in [-0.4, -0.2) is 14.8 Å². The highest BCUT2D eigenvalue weighted by atomic mass is 16.3. The monoisotopic (exact) mass is 260 g/mol. The number of nitrogens with one attached hydrogen (secondary N) is 1. The van der Waals surface area contributed by atoms with Crippen LogP contribution in [0.25, 0.3) is 0 Å². The van der Waals surface area contributed by atoms with Gasteiger partial charge in [0.05, 0.1) is 18.8 Å². The quantitative estimate of drug-likeness (QED) is 0.917. The summed E-state index contributed by atoms with van der Waals surface area (Å²) in [4.78, 5) is 0. The summed E-state index contributed by atoms with van der Waals surface area (Å²) in [7, 11) is 0. The van der Waals surface area contributed by atoms with Crippen LogP contribution in [0.5, 0.6) is 0 Å². The average Bonchev–Trinajstić information content (AvgIpc) is 3.02. The maximum atomic E-state index is 5.44. The van der Waals surface area contributed by atoms with E-state index in [0.717, 1.165) is 36.9 Å². The van der Waals surface area contributed by atoms with E-state index in [2.05, 4.69) is 33.9 Å². The van der Waals surface area contributed by atoms with Gasteiger partial charge in [-0.25, -0.2) is 0 Å². The molecule has 2 aromatic rings. The van der Waals surface area contributed by atoms with Gasteiger partial charge >= 0.3 is 0 Å². The molecule has 0 spiro atoms. The number of fused-ring (bicyclic) bond motifs is 1. The van der Waals surface area contributed by atoms with E-state index in [4.69, 9.17) is 4.42 Å². The van der Waals surface area contributed by atoms with Crippen LogP contribution in [0.2, 0.25) is 0 Å². The molecule has 0 bridgehead atoms. The zero-order valence-corrected chi connectivity index (χ0v) is 11.5. The van der Waals surface area contributed by atoms with Crippen LogP contribution in [-0.2, 0) is 19.5 Å². The van der Waals surface area contributed by atoms with E-state index in [1.807, 2.05) is 6.07 Å². The lowest BCUT2D eigenvalue weighted by molar-refractivity contribution is 0.431. The lowest BCUT2D eigenvalue weighted by Gasteiger charge is -2.18. The molecule has 0 fully saturated rings. The second-order valence-corrected chi connectivity index (χ2v) is 5.21. The minimum absolute atomic E-state index is 0.184. The molecule has 0 aliphatic carbocycles. The molecule has 5 nitrogen and oxygen atoms in total. The van der Waals surface area contributed by atoms with Gasteiger partial charge in [-0.2, -0.15) is 0 Å². The van der Waals surface area contributed by atoms with Gasteiger partial charge in [-0.05, 0) is 38.3 Å². The van der Waals surface area contributed by atoms with Gasteiger partial charge in [-0.3, -0.25) is 0 Å². The molecule has 0 saturated heterocycles. The SMILES string of the molecule is Cc1ccoc1CN[C@H](C)c1nnc2n1CCCC2. The molecule has 19 heavy (non-hydrogen) atoms. The van der Waals surface area contributed by atoms with Crippen LogP contribution in [0.3, 0.4) is 0 Å². The Bertz CT molecular complexity index is 558. The number of hydrogen-bond donors (Lipinski definition) is 1. The largest absolute Gasteiger partial charge is 0.468 e. The van der Waals surface area contributed by atoms with Crippen molar-refractivity contribution in [2.24, 2.45) is 0 Å². The zero-order chi connectivity index (χ0) is 13.2. The van der Waals surface area contributed by atoms with E-state index in [0.29, 0.717) is 0 Å². The predicted octanol–water partition coefficient (Wildman–Crippen LogP) is 2.37. The first kappa shape index (κ1) is 12.4. The first-order valence-corrected chi connectivity index (χ1v) is 6.94. The average molecular weight is 260 g/mol. The molecular weight excluding hydrogens is 240 g/mol. The van der Waals surface area contributed by atoms with Crippen LogP contribution < -0.4 is 5.32 Å². The molecule has 0 saturated carbocycles. The van der Waals surface area contributed by atoms with Crippen molar-refractivity contribution in [1.82, 2.24) is 20.1 Å². The van der Waals surface area contributed by atoms with Gasteiger partial charge in [0.15, 0.2) is 0 Å². The molecule has 0 radical (unpaired) electrons. The Kier molecular flexibility index (Phi) is 3.38. The van der Waals surface area contributed by atoms with Crippen LogP contribution >= 0.6 is 0 Å². The van der Waals surface area contributed by atoms with Crippen molar-refractivity contribution in [3.05, 3.63) is 35.3 Å². The number of aryl methyl sites for hydroxylation is 2. The summed E-state index contributed by atoms with van der Waals surface area (Å²) in [6, 6.07) is 2.17. The predicted molar refractivity (Wildman–Crippen MR) is 71.7 cm³/mol. The van der Waals surface area contributed by atoms with E-state index in [9.17, 15) is 0 Å². The highest BCUT2D eigenvalue weighted by Gasteiger charge is 2.19. The smallest absolute Gasteiger partial charge is 0.149 e. The lowest BCUT2D eigenvalue weighted by Crippen LogP contribution is -2.23. The fourth-order valence-electron chi connectivity index (χ4n) is 2.57. The Morgan fingerprint density at radius 3 is 3.11 bits per heavy atom. The van der Waals surface area contributed by atoms with Gasteiger partial charge in [-0.1, -0.05) is 0 Å². The van der Waals surface area contributed by atoms with Crippen LogP contribution in [0.1, 0.15) is 48.8 Å². The molecule has 2 aromatic heterocycles. The molecule has 1 atom stereocenters. The minimum atomic E-state index is 0.184. The standard InChI is InChI=1S/C14H20N4O/c1-10-6-8-19-12(10)9-15-11(2)14-17-16-13-5-3-4-7-18(13)14/h6,8,11,15H,3-5,7,9H2,1-2H3/t11-/m1/s1. The highest BCUT2D eigenvalue weighted by Crippen LogP contribution is 2.19. The highest BCUT2D eigenvalue weighted by molar-refractivity contribution is 5.14. The summed E-state index contributed by atoms with van der Waals surface area (Å²) in [5.74, 6) is 3.16. The van der Waals surface area contributed by atoms with Crippen molar-refractivity contribution < 1.29 is 4.42 Å². The number of nitrogens with zero attached hydrogens (tertiary/aromatic N) is 3. The maximum absolute atomic E-state index is 5.44. The molecule has 0 aromatic carbocycles. The van der Waals surface area contributed by atoms with E-state index < -0.39 is 0 Å². The van der Waals surface area contributed by atoms with Crippen molar-refractivity contribution in [2.75, 3.05) is 0 Å². The van der Waals surface area contributed by atoms with Gasteiger partial charge in [0.1, 0.15) is 17.4 Å². The van der Waals surface area contributed by atoms with Gasteiger partial charge in [0, 0.05) is 13.0 Å². The normalized spacial score (nSPS) is 16.3. The zero-order valence-electron chi connectivity index (χ0n) is 11.5. The summed E-state index contributed by atoms with van der Waals surface area (Å²) in [5, 5.41) is 12.1. The van der Waals surface area contributed by atoms with Gasteiger partial charge in [-0.15, -0.1) is 10.2 Å². The Balaban J connectivity index is 1.69.